The molecule has 0 radical (unpaired) electrons. The van der Waals surface area contributed by atoms with Crippen LogP contribution in [0.3, 0.4) is 0 Å². The first-order chi connectivity index (χ1) is 11.8. The first kappa shape index (κ1) is 16.5. The molecule has 25 heavy (non-hydrogen) atoms. The summed E-state index contributed by atoms with van der Waals surface area (Å²) in [5.41, 5.74) is -0.434. The highest BCUT2D eigenvalue weighted by molar-refractivity contribution is 6.34. The number of fused-ring (bicyclic) bond motifs is 3. The van der Waals surface area contributed by atoms with E-state index in [9.17, 15) is 18.0 Å². The summed E-state index contributed by atoms with van der Waals surface area (Å²) in [7, 11) is 0. The SMILES string of the molecule is O=c1cc(C2CCNCC2)n2c(n1)C1C(Cl)=CC(C(F)(F)F)=CC1=N2. The maximum Gasteiger partial charge on any atom is 0.416 e. The van der Waals surface area contributed by atoms with Crippen molar-refractivity contribution in [2.45, 2.75) is 30.9 Å². The van der Waals surface area contributed by atoms with Crippen LogP contribution in [-0.4, -0.2) is 34.6 Å². The quantitative estimate of drug-likeness (QED) is 0.826. The van der Waals surface area contributed by atoms with Crippen molar-refractivity contribution >= 4 is 17.3 Å². The van der Waals surface area contributed by atoms with Crippen LogP contribution >= 0.6 is 11.6 Å². The number of nitrogens with zero attached hydrogens (tertiary/aromatic N) is 3. The number of piperidine rings is 1. The molecule has 5 nitrogen and oxygen atoms in total. The van der Waals surface area contributed by atoms with Gasteiger partial charge in [-0.25, -0.2) is 4.68 Å². The topological polar surface area (TPSA) is 59.3 Å². The maximum atomic E-state index is 13.0. The zero-order valence-corrected chi connectivity index (χ0v) is 13.7. The van der Waals surface area contributed by atoms with Crippen LogP contribution in [0.25, 0.3) is 0 Å². The third kappa shape index (κ3) is 2.83. The molecule has 0 spiro atoms. The lowest BCUT2D eigenvalue weighted by molar-refractivity contribution is -0.0882. The Labute approximate surface area is 145 Å². The summed E-state index contributed by atoms with van der Waals surface area (Å²) in [5, 5.41) is 7.52. The molecule has 1 saturated heterocycles. The second-order valence-corrected chi connectivity index (χ2v) is 6.73. The fraction of sp³-hybridized carbons (Fsp3) is 0.438. The number of nitrogens with one attached hydrogen (secondary N) is 1. The van der Waals surface area contributed by atoms with Gasteiger partial charge in [0.1, 0.15) is 5.82 Å². The summed E-state index contributed by atoms with van der Waals surface area (Å²) in [6.45, 7) is 1.63. The van der Waals surface area contributed by atoms with Gasteiger partial charge in [-0.15, -0.1) is 0 Å². The summed E-state index contributed by atoms with van der Waals surface area (Å²) in [6, 6.07) is 1.42. The van der Waals surface area contributed by atoms with Gasteiger partial charge in [-0.2, -0.15) is 23.3 Å². The van der Waals surface area contributed by atoms with Gasteiger partial charge in [0.05, 0.1) is 22.9 Å². The molecule has 0 saturated carbocycles. The number of alkyl halides is 3. The van der Waals surface area contributed by atoms with E-state index in [-0.39, 0.29) is 22.5 Å². The number of allylic oxidation sites excluding steroid dienone is 4. The standard InChI is InChI=1S/C16H14ClF3N4O/c17-10-5-9(16(18,19)20)6-11-14(10)15-22-13(25)7-12(24(15)23-11)8-1-3-21-4-2-8/h5-8,14,21H,1-4H2. The number of hydrogen-bond acceptors (Lipinski definition) is 4. The Morgan fingerprint density at radius 3 is 2.64 bits per heavy atom. The van der Waals surface area contributed by atoms with Crippen LogP contribution in [0.15, 0.2) is 38.7 Å². The molecule has 1 atom stereocenters. The second-order valence-electron chi connectivity index (χ2n) is 6.30. The van der Waals surface area contributed by atoms with Gasteiger partial charge in [-0.1, -0.05) is 11.6 Å². The van der Waals surface area contributed by atoms with Crippen molar-refractivity contribution in [3.8, 4) is 0 Å². The van der Waals surface area contributed by atoms with Crippen molar-refractivity contribution in [2.75, 3.05) is 13.1 Å². The van der Waals surface area contributed by atoms with Gasteiger partial charge >= 0.3 is 6.18 Å². The molecule has 3 heterocycles. The third-order valence-corrected chi connectivity index (χ3v) is 5.01. The van der Waals surface area contributed by atoms with Gasteiger partial charge in [0.25, 0.3) is 5.56 Å². The van der Waals surface area contributed by atoms with E-state index < -0.39 is 23.2 Å². The molecule has 4 rings (SSSR count). The van der Waals surface area contributed by atoms with Gasteiger partial charge in [0.15, 0.2) is 0 Å². The Kier molecular flexibility index (Phi) is 3.84. The van der Waals surface area contributed by atoms with Gasteiger partial charge in [0, 0.05) is 17.0 Å². The minimum absolute atomic E-state index is 0.0332. The molecule has 1 aromatic rings. The van der Waals surface area contributed by atoms with Crippen molar-refractivity contribution in [1.29, 1.82) is 0 Å². The van der Waals surface area contributed by atoms with Crippen LogP contribution in [0.4, 0.5) is 13.2 Å². The summed E-state index contributed by atoms with van der Waals surface area (Å²) in [6.07, 6.45) is -1.01. The highest BCUT2D eigenvalue weighted by Crippen LogP contribution is 2.41. The number of rotatable bonds is 1. The molecule has 3 aliphatic rings. The summed E-state index contributed by atoms with van der Waals surface area (Å²) < 4.78 is 40.6. The minimum atomic E-state index is -4.51. The highest BCUT2D eigenvalue weighted by Gasteiger charge is 2.41. The van der Waals surface area contributed by atoms with E-state index in [1.54, 1.807) is 0 Å². The number of halogens is 4. The molecule has 1 aliphatic carbocycles. The van der Waals surface area contributed by atoms with Crippen LogP contribution in [-0.2, 0) is 0 Å². The third-order valence-electron chi connectivity index (χ3n) is 4.68. The van der Waals surface area contributed by atoms with Crippen molar-refractivity contribution in [3.63, 3.8) is 0 Å². The van der Waals surface area contributed by atoms with Crippen molar-refractivity contribution in [3.05, 3.63) is 50.7 Å². The molecule has 9 heteroatoms. The van der Waals surface area contributed by atoms with Gasteiger partial charge in [0.2, 0.25) is 0 Å². The van der Waals surface area contributed by atoms with Gasteiger partial charge in [-0.05, 0) is 38.1 Å². The molecule has 1 unspecified atom stereocenters. The molecule has 2 aliphatic heterocycles. The summed E-state index contributed by atoms with van der Waals surface area (Å²) >= 11 is 6.11. The van der Waals surface area contributed by atoms with Crippen molar-refractivity contribution in [2.24, 2.45) is 5.10 Å². The highest BCUT2D eigenvalue weighted by atomic mass is 35.5. The second kappa shape index (κ2) is 5.81. The Morgan fingerprint density at radius 2 is 1.96 bits per heavy atom. The predicted octanol–water partition coefficient (Wildman–Crippen LogP) is 2.64. The Bertz CT molecular complexity index is 878. The first-order valence-electron chi connectivity index (χ1n) is 7.94. The lowest BCUT2D eigenvalue weighted by Gasteiger charge is -2.24. The van der Waals surface area contributed by atoms with Gasteiger partial charge < -0.3 is 5.32 Å². The first-order valence-corrected chi connectivity index (χ1v) is 8.32. The minimum Gasteiger partial charge on any atom is -0.317 e. The average Bonchev–Trinajstić information content (AvgIpc) is 2.93. The van der Waals surface area contributed by atoms with E-state index in [0.29, 0.717) is 5.69 Å². The Morgan fingerprint density at radius 1 is 1.24 bits per heavy atom. The van der Waals surface area contributed by atoms with E-state index in [0.717, 1.165) is 38.1 Å². The van der Waals surface area contributed by atoms with Crippen molar-refractivity contribution in [1.82, 2.24) is 15.0 Å². The summed E-state index contributed by atoms with van der Waals surface area (Å²) in [5.74, 6) is -0.328. The largest absolute Gasteiger partial charge is 0.416 e. The number of hydrogen-bond donors (Lipinski definition) is 1. The lowest BCUT2D eigenvalue weighted by Crippen LogP contribution is -2.29. The van der Waals surface area contributed by atoms with Gasteiger partial charge in [-0.3, -0.25) is 4.79 Å². The predicted molar refractivity (Wildman–Crippen MR) is 87.0 cm³/mol. The van der Waals surface area contributed by atoms with Crippen LogP contribution < -0.4 is 10.9 Å². The average molecular weight is 371 g/mol. The molecule has 0 bridgehead atoms. The van der Waals surface area contributed by atoms with Crippen molar-refractivity contribution < 1.29 is 13.2 Å². The zero-order valence-electron chi connectivity index (χ0n) is 13.0. The molecule has 1 aromatic heterocycles. The fourth-order valence-electron chi connectivity index (χ4n) is 3.50. The molecule has 1 fully saturated rings. The van der Waals surface area contributed by atoms with Crippen LogP contribution in [0.5, 0.6) is 0 Å². The van der Waals surface area contributed by atoms with E-state index in [4.69, 9.17) is 11.6 Å². The normalized spacial score (nSPS) is 23.5. The lowest BCUT2D eigenvalue weighted by atomic mass is 9.92. The van der Waals surface area contributed by atoms with E-state index >= 15 is 0 Å². The zero-order chi connectivity index (χ0) is 17.8. The summed E-state index contributed by atoms with van der Waals surface area (Å²) in [4.78, 5) is 16.0. The van der Waals surface area contributed by atoms with E-state index in [1.165, 1.54) is 10.7 Å². The molecule has 0 aromatic carbocycles. The van der Waals surface area contributed by atoms with E-state index in [2.05, 4.69) is 15.4 Å². The molecular formula is C16H14ClF3N4O. The van der Waals surface area contributed by atoms with E-state index in [1.807, 2.05) is 0 Å². The Hall–Kier alpha value is -1.93. The van der Waals surface area contributed by atoms with Crippen LogP contribution in [0.2, 0.25) is 0 Å². The smallest absolute Gasteiger partial charge is 0.317 e. The molecule has 0 amide bonds. The fourth-order valence-corrected chi connectivity index (χ4v) is 3.82. The molecular weight excluding hydrogens is 357 g/mol. The Balaban J connectivity index is 1.84. The number of aromatic nitrogens is 2. The van der Waals surface area contributed by atoms with Crippen LogP contribution in [0.1, 0.15) is 36.2 Å². The molecule has 132 valence electrons. The molecule has 1 N–H and O–H groups in total. The van der Waals surface area contributed by atoms with Crippen LogP contribution in [0, 0.1) is 0 Å². The monoisotopic (exact) mass is 370 g/mol. The maximum absolute atomic E-state index is 13.0.